The summed E-state index contributed by atoms with van der Waals surface area (Å²) in [6.45, 7) is 13.8. The van der Waals surface area contributed by atoms with E-state index in [9.17, 15) is 14.4 Å². The molecule has 0 N–H and O–H groups in total. The Balaban J connectivity index is 1.99. The number of ether oxygens (including phenoxy) is 3. The lowest BCUT2D eigenvalue weighted by Crippen LogP contribution is -2.30. The van der Waals surface area contributed by atoms with Gasteiger partial charge in [0.15, 0.2) is 6.10 Å². The van der Waals surface area contributed by atoms with E-state index in [1.807, 2.05) is 7.05 Å². The number of benzene rings is 2. The average Bonchev–Trinajstić information content (AvgIpc) is 2.90. The summed E-state index contributed by atoms with van der Waals surface area (Å²) >= 11 is 0. The third kappa shape index (κ3) is 7.75. The summed E-state index contributed by atoms with van der Waals surface area (Å²) in [5.41, 5.74) is 2.21. The maximum Gasteiger partial charge on any atom is 0.338 e. The molecule has 0 radical (unpaired) electrons. The van der Waals surface area contributed by atoms with Gasteiger partial charge in [-0.2, -0.15) is 0 Å². The maximum atomic E-state index is 12.4. The molecule has 0 fully saturated rings. The van der Waals surface area contributed by atoms with Crippen LogP contribution in [0.5, 0.6) is 0 Å². The standard InChI is InChI=1S/C27H28N2O6/c1-6-25(30)35-24(18-33-26(31)20-10-14-22(15-11-20)28(5)7-2)19-34-27(32)21-12-16-23(17-13-21)29(8-3)9-4/h6-17,24H,1-4,18-19H2,5H3. The van der Waals surface area contributed by atoms with Gasteiger partial charge in [-0.25, -0.2) is 14.4 Å². The Kier molecular flexibility index (Phi) is 10.1. The van der Waals surface area contributed by atoms with E-state index in [1.165, 1.54) is 0 Å². The minimum Gasteiger partial charge on any atom is -0.458 e. The van der Waals surface area contributed by atoms with Gasteiger partial charge >= 0.3 is 17.9 Å². The van der Waals surface area contributed by atoms with Crippen LogP contribution in [0, 0.1) is 0 Å². The first kappa shape index (κ1) is 26.7. The molecule has 0 heterocycles. The highest BCUT2D eigenvalue weighted by molar-refractivity contribution is 5.90. The van der Waals surface area contributed by atoms with Crippen LogP contribution >= 0.6 is 0 Å². The number of hydrogen-bond acceptors (Lipinski definition) is 8. The highest BCUT2D eigenvalue weighted by Gasteiger charge is 2.20. The zero-order valence-corrected chi connectivity index (χ0v) is 19.6. The molecule has 0 aliphatic heterocycles. The molecule has 35 heavy (non-hydrogen) atoms. The number of rotatable bonds is 13. The van der Waals surface area contributed by atoms with Crippen molar-refractivity contribution in [3.63, 3.8) is 0 Å². The molecular weight excluding hydrogens is 448 g/mol. The van der Waals surface area contributed by atoms with E-state index in [2.05, 4.69) is 26.3 Å². The van der Waals surface area contributed by atoms with Crippen LogP contribution < -0.4 is 9.80 Å². The molecule has 0 bridgehead atoms. The lowest BCUT2D eigenvalue weighted by molar-refractivity contribution is -0.147. The van der Waals surface area contributed by atoms with Crippen molar-refractivity contribution < 1.29 is 28.6 Å². The molecule has 0 spiro atoms. The number of anilines is 2. The summed E-state index contributed by atoms with van der Waals surface area (Å²) < 4.78 is 15.7. The second-order valence-electron chi connectivity index (χ2n) is 7.12. The molecule has 182 valence electrons. The average molecular weight is 477 g/mol. The second kappa shape index (κ2) is 13.2. The summed E-state index contributed by atoms with van der Waals surface area (Å²) in [7, 11) is 1.83. The van der Waals surface area contributed by atoms with Crippen LogP contribution in [0.3, 0.4) is 0 Å². The summed E-state index contributed by atoms with van der Waals surface area (Å²) in [6, 6.07) is 13.3. The van der Waals surface area contributed by atoms with Gasteiger partial charge in [-0.1, -0.05) is 26.3 Å². The summed E-state index contributed by atoms with van der Waals surface area (Å²) in [6.07, 6.45) is 4.74. The minimum atomic E-state index is -1.02. The predicted octanol–water partition coefficient (Wildman–Crippen LogP) is 4.47. The van der Waals surface area contributed by atoms with Gasteiger partial charge in [0.05, 0.1) is 11.1 Å². The van der Waals surface area contributed by atoms with E-state index in [1.54, 1.807) is 76.9 Å². The lowest BCUT2D eigenvalue weighted by Gasteiger charge is -2.18. The third-order valence-corrected chi connectivity index (χ3v) is 4.83. The fourth-order valence-electron chi connectivity index (χ4n) is 2.83. The van der Waals surface area contributed by atoms with E-state index in [0.29, 0.717) is 5.56 Å². The number of carbonyl (C=O) groups is 3. The first-order valence-electron chi connectivity index (χ1n) is 10.6. The molecule has 0 amide bonds. The fraction of sp³-hybridized carbons (Fsp3) is 0.148. The summed E-state index contributed by atoms with van der Waals surface area (Å²) in [4.78, 5) is 40.0. The quantitative estimate of drug-likeness (QED) is 0.238. The molecule has 1 unspecified atom stereocenters. The van der Waals surface area contributed by atoms with E-state index in [0.717, 1.165) is 17.5 Å². The monoisotopic (exact) mass is 476 g/mol. The molecule has 2 aromatic rings. The van der Waals surface area contributed by atoms with Gasteiger partial charge in [0.2, 0.25) is 0 Å². The van der Waals surface area contributed by atoms with Gasteiger partial charge in [-0.3, -0.25) is 0 Å². The number of hydrogen-bond donors (Lipinski definition) is 0. The smallest absolute Gasteiger partial charge is 0.338 e. The molecule has 2 rings (SSSR count). The van der Waals surface area contributed by atoms with Crippen LogP contribution in [0.4, 0.5) is 11.4 Å². The SMILES string of the molecule is C=CC(=O)OC(COC(=O)c1ccc(N(C)C=C)cc1)COC(=O)c1ccc(N(C=C)C=C)cc1. The van der Waals surface area contributed by atoms with Crippen LogP contribution in [-0.4, -0.2) is 44.3 Å². The van der Waals surface area contributed by atoms with Crippen LogP contribution in [0.2, 0.25) is 0 Å². The lowest BCUT2D eigenvalue weighted by atomic mass is 10.2. The van der Waals surface area contributed by atoms with Crippen LogP contribution in [0.25, 0.3) is 0 Å². The topological polar surface area (TPSA) is 85.4 Å². The van der Waals surface area contributed by atoms with Gasteiger partial charge in [-0.05, 0) is 54.7 Å². The van der Waals surface area contributed by atoms with Gasteiger partial charge < -0.3 is 24.0 Å². The van der Waals surface area contributed by atoms with Crippen molar-refractivity contribution in [2.45, 2.75) is 6.10 Å². The van der Waals surface area contributed by atoms with Gasteiger partial charge in [-0.15, -0.1) is 0 Å². The van der Waals surface area contributed by atoms with Gasteiger partial charge in [0.25, 0.3) is 0 Å². The molecule has 8 heteroatoms. The molecule has 0 aliphatic rings. The Morgan fingerprint density at radius 1 is 0.771 bits per heavy atom. The van der Waals surface area contributed by atoms with E-state index in [-0.39, 0.29) is 18.8 Å². The van der Waals surface area contributed by atoms with E-state index >= 15 is 0 Å². The van der Waals surface area contributed by atoms with Gasteiger partial charge in [0, 0.05) is 36.9 Å². The Morgan fingerprint density at radius 3 is 1.63 bits per heavy atom. The first-order chi connectivity index (χ1) is 16.8. The highest BCUT2D eigenvalue weighted by Crippen LogP contribution is 2.17. The van der Waals surface area contributed by atoms with Crippen molar-refractivity contribution in [2.24, 2.45) is 0 Å². The van der Waals surface area contributed by atoms with E-state index < -0.39 is 24.0 Å². The Bertz CT molecular complexity index is 1070. The van der Waals surface area contributed by atoms with Crippen molar-refractivity contribution in [3.8, 4) is 0 Å². The molecule has 0 saturated heterocycles. The largest absolute Gasteiger partial charge is 0.458 e. The molecular formula is C27H28N2O6. The van der Waals surface area contributed by atoms with Crippen LogP contribution in [0.15, 0.2) is 99.5 Å². The second-order valence-corrected chi connectivity index (χ2v) is 7.12. The highest BCUT2D eigenvalue weighted by atomic mass is 16.6. The molecule has 0 saturated carbocycles. The Labute approximate surface area is 205 Å². The number of nitrogens with zero attached hydrogens (tertiary/aromatic N) is 2. The van der Waals surface area contributed by atoms with Crippen molar-refractivity contribution in [1.82, 2.24) is 0 Å². The summed E-state index contributed by atoms with van der Waals surface area (Å²) in [5.74, 6) is -1.99. The van der Waals surface area contributed by atoms with Crippen LogP contribution in [-0.2, 0) is 19.0 Å². The fourth-order valence-corrected chi connectivity index (χ4v) is 2.83. The van der Waals surface area contributed by atoms with Crippen molar-refractivity contribution in [3.05, 3.63) is 111 Å². The number of esters is 3. The molecule has 2 aromatic carbocycles. The van der Waals surface area contributed by atoms with E-state index in [4.69, 9.17) is 14.2 Å². The first-order valence-corrected chi connectivity index (χ1v) is 10.6. The van der Waals surface area contributed by atoms with Crippen molar-refractivity contribution in [2.75, 3.05) is 30.1 Å². The zero-order valence-electron chi connectivity index (χ0n) is 19.6. The minimum absolute atomic E-state index is 0.289. The molecule has 0 aromatic heterocycles. The van der Waals surface area contributed by atoms with Crippen molar-refractivity contribution >= 4 is 29.3 Å². The summed E-state index contributed by atoms with van der Waals surface area (Å²) in [5, 5.41) is 0. The molecule has 8 nitrogen and oxygen atoms in total. The maximum absolute atomic E-state index is 12.4. The third-order valence-electron chi connectivity index (χ3n) is 4.83. The molecule has 1 atom stereocenters. The Morgan fingerprint density at radius 2 is 1.23 bits per heavy atom. The predicted molar refractivity (Wildman–Crippen MR) is 135 cm³/mol. The van der Waals surface area contributed by atoms with Crippen molar-refractivity contribution in [1.29, 1.82) is 0 Å². The van der Waals surface area contributed by atoms with Crippen LogP contribution in [0.1, 0.15) is 20.7 Å². The zero-order chi connectivity index (χ0) is 25.8. The Hall–Kier alpha value is -4.59. The number of carbonyl (C=O) groups excluding carboxylic acids is 3. The van der Waals surface area contributed by atoms with Gasteiger partial charge in [0.1, 0.15) is 13.2 Å². The normalized spacial score (nSPS) is 10.8. The molecule has 0 aliphatic carbocycles.